The van der Waals surface area contributed by atoms with Crippen LogP contribution < -0.4 is 14.8 Å². The van der Waals surface area contributed by atoms with Crippen LogP contribution in [0.2, 0.25) is 0 Å². The summed E-state index contributed by atoms with van der Waals surface area (Å²) in [5, 5.41) is 2.96. The Morgan fingerprint density at radius 1 is 1.35 bits per heavy atom. The zero-order chi connectivity index (χ0) is 12.3. The SMILES string of the molecule is COc1cccc(CC2CCC(=O)N2)c1OC. The third-order valence-electron chi connectivity index (χ3n) is 3.04. The van der Waals surface area contributed by atoms with Gasteiger partial charge in [0.15, 0.2) is 11.5 Å². The molecule has 92 valence electrons. The fourth-order valence-corrected chi connectivity index (χ4v) is 2.21. The van der Waals surface area contributed by atoms with Gasteiger partial charge in [0.1, 0.15) is 0 Å². The molecule has 4 nitrogen and oxygen atoms in total. The average molecular weight is 235 g/mol. The van der Waals surface area contributed by atoms with Crippen LogP contribution >= 0.6 is 0 Å². The van der Waals surface area contributed by atoms with Crippen molar-refractivity contribution in [2.45, 2.75) is 25.3 Å². The number of hydrogen-bond acceptors (Lipinski definition) is 3. The lowest BCUT2D eigenvalue weighted by atomic mass is 10.0. The van der Waals surface area contributed by atoms with E-state index in [0.717, 1.165) is 29.9 Å². The molecule has 1 aliphatic heterocycles. The highest BCUT2D eigenvalue weighted by atomic mass is 16.5. The van der Waals surface area contributed by atoms with Crippen LogP contribution in [0, 0.1) is 0 Å². The van der Waals surface area contributed by atoms with Crippen LogP contribution in [0.15, 0.2) is 18.2 Å². The number of ether oxygens (including phenoxy) is 2. The van der Waals surface area contributed by atoms with Gasteiger partial charge in [-0.15, -0.1) is 0 Å². The fraction of sp³-hybridized carbons (Fsp3) is 0.462. The minimum Gasteiger partial charge on any atom is -0.493 e. The smallest absolute Gasteiger partial charge is 0.220 e. The van der Waals surface area contributed by atoms with Gasteiger partial charge in [0.25, 0.3) is 0 Å². The molecule has 4 heteroatoms. The van der Waals surface area contributed by atoms with Crippen molar-refractivity contribution in [3.8, 4) is 11.5 Å². The van der Waals surface area contributed by atoms with Crippen LogP contribution in [-0.4, -0.2) is 26.2 Å². The summed E-state index contributed by atoms with van der Waals surface area (Å²) in [6.07, 6.45) is 2.29. The largest absolute Gasteiger partial charge is 0.493 e. The van der Waals surface area contributed by atoms with Crippen molar-refractivity contribution in [3.63, 3.8) is 0 Å². The van der Waals surface area contributed by atoms with E-state index in [1.165, 1.54) is 0 Å². The summed E-state index contributed by atoms with van der Waals surface area (Å²) < 4.78 is 10.6. The van der Waals surface area contributed by atoms with Gasteiger partial charge in [0.2, 0.25) is 5.91 Å². The van der Waals surface area contributed by atoms with Gasteiger partial charge in [-0.25, -0.2) is 0 Å². The molecule has 1 aromatic rings. The molecule has 0 bridgehead atoms. The Morgan fingerprint density at radius 3 is 2.76 bits per heavy atom. The molecule has 0 spiro atoms. The van der Waals surface area contributed by atoms with Crippen molar-refractivity contribution in [3.05, 3.63) is 23.8 Å². The van der Waals surface area contributed by atoms with E-state index >= 15 is 0 Å². The third-order valence-corrected chi connectivity index (χ3v) is 3.04. The predicted molar refractivity (Wildman–Crippen MR) is 64.4 cm³/mol. The van der Waals surface area contributed by atoms with Gasteiger partial charge < -0.3 is 14.8 Å². The van der Waals surface area contributed by atoms with Crippen molar-refractivity contribution < 1.29 is 14.3 Å². The molecule has 1 N–H and O–H groups in total. The number of hydrogen-bond donors (Lipinski definition) is 1. The molecule has 1 fully saturated rings. The third kappa shape index (κ3) is 2.52. The first-order chi connectivity index (χ1) is 8.24. The number of para-hydroxylation sites is 1. The molecule has 1 aromatic carbocycles. The van der Waals surface area contributed by atoms with Crippen LogP contribution in [0.3, 0.4) is 0 Å². The van der Waals surface area contributed by atoms with Crippen LogP contribution in [0.4, 0.5) is 0 Å². The quantitative estimate of drug-likeness (QED) is 0.860. The molecule has 0 radical (unpaired) electrons. The molecular formula is C13H17NO3. The van der Waals surface area contributed by atoms with Gasteiger partial charge >= 0.3 is 0 Å². The van der Waals surface area contributed by atoms with E-state index in [4.69, 9.17) is 9.47 Å². The van der Waals surface area contributed by atoms with Gasteiger partial charge in [-0.3, -0.25) is 4.79 Å². The molecule has 1 heterocycles. The van der Waals surface area contributed by atoms with Crippen LogP contribution in [0.1, 0.15) is 18.4 Å². The zero-order valence-electron chi connectivity index (χ0n) is 10.2. The first-order valence-electron chi connectivity index (χ1n) is 5.74. The van der Waals surface area contributed by atoms with Crippen LogP contribution in [0.25, 0.3) is 0 Å². The maximum Gasteiger partial charge on any atom is 0.220 e. The Hall–Kier alpha value is -1.71. The van der Waals surface area contributed by atoms with Gasteiger partial charge in [0.05, 0.1) is 14.2 Å². The summed E-state index contributed by atoms with van der Waals surface area (Å²) in [6.45, 7) is 0. The lowest BCUT2D eigenvalue weighted by molar-refractivity contribution is -0.119. The zero-order valence-corrected chi connectivity index (χ0v) is 10.2. The summed E-state index contributed by atoms with van der Waals surface area (Å²) >= 11 is 0. The summed E-state index contributed by atoms with van der Waals surface area (Å²) in [5.41, 5.74) is 1.07. The topological polar surface area (TPSA) is 47.6 Å². The van der Waals surface area contributed by atoms with Gasteiger partial charge in [-0.1, -0.05) is 12.1 Å². The summed E-state index contributed by atoms with van der Waals surface area (Å²) in [6, 6.07) is 6.03. The van der Waals surface area contributed by atoms with E-state index in [1.54, 1.807) is 14.2 Å². The number of rotatable bonds is 4. The van der Waals surface area contributed by atoms with E-state index in [-0.39, 0.29) is 11.9 Å². The first-order valence-corrected chi connectivity index (χ1v) is 5.74. The molecule has 1 atom stereocenters. The molecule has 17 heavy (non-hydrogen) atoms. The predicted octanol–water partition coefficient (Wildman–Crippen LogP) is 1.52. The van der Waals surface area contributed by atoms with Crippen LogP contribution in [-0.2, 0) is 11.2 Å². The number of amides is 1. The van der Waals surface area contributed by atoms with Crippen molar-refractivity contribution in [1.29, 1.82) is 0 Å². The Morgan fingerprint density at radius 2 is 2.18 bits per heavy atom. The second-order valence-corrected chi connectivity index (χ2v) is 4.16. The van der Waals surface area contributed by atoms with Crippen molar-refractivity contribution >= 4 is 5.91 Å². The second kappa shape index (κ2) is 5.08. The minimum absolute atomic E-state index is 0.136. The summed E-state index contributed by atoms with van der Waals surface area (Å²) in [7, 11) is 3.26. The van der Waals surface area contributed by atoms with Crippen molar-refractivity contribution in [2.75, 3.05) is 14.2 Å². The Kier molecular flexibility index (Phi) is 3.52. The Bertz CT molecular complexity index is 417. The Balaban J connectivity index is 2.17. The molecule has 0 saturated carbocycles. The highest BCUT2D eigenvalue weighted by Crippen LogP contribution is 2.32. The normalized spacial score (nSPS) is 18.9. The lowest BCUT2D eigenvalue weighted by Crippen LogP contribution is -2.27. The standard InChI is InChI=1S/C13H17NO3/c1-16-11-5-3-4-9(13(11)17-2)8-10-6-7-12(15)14-10/h3-5,10H,6-8H2,1-2H3,(H,14,15). The molecule has 2 rings (SSSR count). The highest BCUT2D eigenvalue weighted by Gasteiger charge is 2.22. The maximum atomic E-state index is 11.2. The first kappa shape index (κ1) is 11.8. The average Bonchev–Trinajstić information content (AvgIpc) is 2.74. The van der Waals surface area contributed by atoms with E-state index in [9.17, 15) is 4.79 Å². The maximum absolute atomic E-state index is 11.2. The van der Waals surface area contributed by atoms with E-state index in [0.29, 0.717) is 6.42 Å². The molecule has 0 aliphatic carbocycles. The van der Waals surface area contributed by atoms with Crippen molar-refractivity contribution in [1.82, 2.24) is 5.32 Å². The van der Waals surface area contributed by atoms with Gasteiger partial charge in [-0.05, 0) is 18.9 Å². The molecule has 1 saturated heterocycles. The Labute approximate surface area is 101 Å². The van der Waals surface area contributed by atoms with E-state index in [2.05, 4.69) is 5.32 Å². The second-order valence-electron chi connectivity index (χ2n) is 4.16. The van der Waals surface area contributed by atoms with Crippen LogP contribution in [0.5, 0.6) is 11.5 Å². The number of benzene rings is 1. The van der Waals surface area contributed by atoms with E-state index in [1.807, 2.05) is 18.2 Å². The summed E-state index contributed by atoms with van der Waals surface area (Å²) in [5.74, 6) is 1.63. The highest BCUT2D eigenvalue weighted by molar-refractivity contribution is 5.78. The van der Waals surface area contributed by atoms with Gasteiger partial charge in [0, 0.05) is 18.0 Å². The number of carbonyl (C=O) groups is 1. The molecule has 1 aliphatic rings. The summed E-state index contributed by atoms with van der Waals surface area (Å²) in [4.78, 5) is 11.2. The van der Waals surface area contributed by atoms with Gasteiger partial charge in [-0.2, -0.15) is 0 Å². The molecule has 1 unspecified atom stereocenters. The minimum atomic E-state index is 0.136. The number of nitrogens with one attached hydrogen (secondary N) is 1. The fourth-order valence-electron chi connectivity index (χ4n) is 2.21. The molecule has 1 amide bonds. The monoisotopic (exact) mass is 235 g/mol. The number of methoxy groups -OCH3 is 2. The molecule has 0 aromatic heterocycles. The van der Waals surface area contributed by atoms with Crippen molar-refractivity contribution in [2.24, 2.45) is 0 Å². The number of carbonyl (C=O) groups excluding carboxylic acids is 1. The van der Waals surface area contributed by atoms with E-state index < -0.39 is 0 Å². The lowest BCUT2D eigenvalue weighted by Gasteiger charge is -2.15. The molecular weight excluding hydrogens is 218 g/mol.